The molecule has 0 aromatic heterocycles. The molecule has 0 atom stereocenters. The molecule has 2 aromatic rings. The highest BCUT2D eigenvalue weighted by Gasteiger charge is 2.11. The van der Waals surface area contributed by atoms with Gasteiger partial charge in [-0.2, -0.15) is 0 Å². The molecule has 0 aliphatic heterocycles. The Labute approximate surface area is 91.4 Å². The quantitative estimate of drug-likeness (QED) is 0.682. The Bertz CT molecular complexity index is 533. The van der Waals surface area contributed by atoms with Crippen LogP contribution in [0.5, 0.6) is 0 Å². The minimum atomic E-state index is -0.948. The van der Waals surface area contributed by atoms with Crippen molar-refractivity contribution in [3.8, 4) is 11.1 Å². The van der Waals surface area contributed by atoms with E-state index >= 15 is 0 Å². The number of hydrogen-bond donors (Lipinski definition) is 0. The molecule has 16 heavy (non-hydrogen) atoms. The average molecular weight is 222 g/mol. The summed E-state index contributed by atoms with van der Waals surface area (Å²) in [6, 6.07) is 7.89. The normalized spacial score (nSPS) is 10.5. The van der Waals surface area contributed by atoms with Gasteiger partial charge in [0.05, 0.1) is 0 Å². The smallest absolute Gasteiger partial charge is 0.166 e. The summed E-state index contributed by atoms with van der Waals surface area (Å²) in [5.41, 5.74) is 1.15. The minimum absolute atomic E-state index is 0.0806. The van der Waals surface area contributed by atoms with Crippen LogP contribution in [-0.4, -0.2) is 0 Å². The zero-order chi connectivity index (χ0) is 11.7. The van der Waals surface area contributed by atoms with Gasteiger partial charge in [-0.3, -0.25) is 0 Å². The maximum atomic E-state index is 13.5. The van der Waals surface area contributed by atoms with Gasteiger partial charge >= 0.3 is 0 Å². The molecule has 0 aliphatic carbocycles. The van der Waals surface area contributed by atoms with Gasteiger partial charge in [-0.05, 0) is 36.2 Å². The van der Waals surface area contributed by atoms with Crippen molar-refractivity contribution >= 4 is 0 Å². The van der Waals surface area contributed by atoms with E-state index < -0.39 is 17.5 Å². The zero-order valence-corrected chi connectivity index (χ0v) is 8.60. The summed E-state index contributed by atoms with van der Waals surface area (Å²) in [6.07, 6.45) is 0. The maximum Gasteiger partial charge on any atom is 0.166 e. The monoisotopic (exact) mass is 222 g/mol. The molecular formula is C13H9F3. The molecule has 2 rings (SSSR count). The third kappa shape index (κ3) is 1.81. The van der Waals surface area contributed by atoms with E-state index in [1.54, 1.807) is 6.92 Å². The molecule has 0 nitrogen and oxygen atoms in total. The van der Waals surface area contributed by atoms with Crippen LogP contribution in [0.3, 0.4) is 0 Å². The van der Waals surface area contributed by atoms with Gasteiger partial charge in [-0.1, -0.05) is 18.2 Å². The first-order valence-corrected chi connectivity index (χ1v) is 4.80. The van der Waals surface area contributed by atoms with Gasteiger partial charge in [0.25, 0.3) is 0 Å². The minimum Gasteiger partial charge on any atom is -0.207 e. The van der Waals surface area contributed by atoms with E-state index in [-0.39, 0.29) is 5.56 Å². The topological polar surface area (TPSA) is 0 Å². The third-order valence-electron chi connectivity index (χ3n) is 2.44. The Morgan fingerprint density at radius 1 is 0.875 bits per heavy atom. The van der Waals surface area contributed by atoms with Crippen molar-refractivity contribution in [1.29, 1.82) is 0 Å². The van der Waals surface area contributed by atoms with E-state index in [1.807, 2.05) is 0 Å². The van der Waals surface area contributed by atoms with Crippen LogP contribution in [-0.2, 0) is 0 Å². The molecule has 0 unspecified atom stereocenters. The Kier molecular flexibility index (Phi) is 2.69. The van der Waals surface area contributed by atoms with Gasteiger partial charge in [0.2, 0.25) is 0 Å². The first-order chi connectivity index (χ1) is 7.59. The van der Waals surface area contributed by atoms with Gasteiger partial charge in [-0.15, -0.1) is 0 Å². The maximum absolute atomic E-state index is 13.5. The van der Waals surface area contributed by atoms with Crippen molar-refractivity contribution in [1.82, 2.24) is 0 Å². The number of hydrogen-bond acceptors (Lipinski definition) is 0. The van der Waals surface area contributed by atoms with Crippen LogP contribution in [0, 0.1) is 24.4 Å². The fourth-order valence-electron chi connectivity index (χ4n) is 1.60. The Morgan fingerprint density at radius 3 is 2.38 bits per heavy atom. The van der Waals surface area contributed by atoms with Crippen LogP contribution in [0.1, 0.15) is 5.56 Å². The second kappa shape index (κ2) is 4.00. The Morgan fingerprint density at radius 2 is 1.62 bits per heavy atom. The molecule has 0 radical (unpaired) electrons. The summed E-state index contributed by atoms with van der Waals surface area (Å²) in [5.74, 6) is -2.35. The van der Waals surface area contributed by atoms with Crippen LogP contribution in [0.4, 0.5) is 13.2 Å². The largest absolute Gasteiger partial charge is 0.207 e. The number of rotatable bonds is 1. The highest BCUT2D eigenvalue weighted by molar-refractivity contribution is 5.67. The lowest BCUT2D eigenvalue weighted by Gasteiger charge is -2.07. The van der Waals surface area contributed by atoms with Crippen LogP contribution >= 0.6 is 0 Å². The molecule has 0 N–H and O–H groups in total. The second-order valence-electron chi connectivity index (χ2n) is 3.56. The van der Waals surface area contributed by atoms with Gasteiger partial charge in [-0.25, -0.2) is 13.2 Å². The zero-order valence-electron chi connectivity index (χ0n) is 8.60. The van der Waals surface area contributed by atoms with Crippen molar-refractivity contribution in [2.24, 2.45) is 0 Å². The lowest BCUT2D eigenvalue weighted by atomic mass is 10.00. The van der Waals surface area contributed by atoms with Crippen molar-refractivity contribution in [2.45, 2.75) is 6.92 Å². The molecular weight excluding hydrogens is 213 g/mol. The first-order valence-electron chi connectivity index (χ1n) is 4.80. The van der Waals surface area contributed by atoms with Crippen LogP contribution in [0.25, 0.3) is 11.1 Å². The molecule has 3 heteroatoms. The molecule has 0 bridgehead atoms. The summed E-state index contributed by atoms with van der Waals surface area (Å²) in [6.45, 7) is 1.72. The van der Waals surface area contributed by atoms with Crippen LogP contribution in [0.2, 0.25) is 0 Å². The molecule has 0 heterocycles. The highest BCUT2D eigenvalue weighted by Crippen LogP contribution is 2.27. The van der Waals surface area contributed by atoms with E-state index in [2.05, 4.69) is 0 Å². The molecule has 0 aliphatic rings. The van der Waals surface area contributed by atoms with Gasteiger partial charge < -0.3 is 0 Å². The first kappa shape index (κ1) is 10.7. The van der Waals surface area contributed by atoms with Gasteiger partial charge in [0.1, 0.15) is 5.82 Å². The van der Waals surface area contributed by atoms with Crippen molar-refractivity contribution in [3.63, 3.8) is 0 Å². The fourth-order valence-corrected chi connectivity index (χ4v) is 1.60. The van der Waals surface area contributed by atoms with Gasteiger partial charge in [0.15, 0.2) is 11.6 Å². The molecule has 0 spiro atoms. The van der Waals surface area contributed by atoms with Crippen LogP contribution in [0.15, 0.2) is 36.4 Å². The average Bonchev–Trinajstić information content (AvgIpc) is 2.26. The standard InChI is InChI=1S/C13H9F3/c1-8-5-6-9(14)7-11(8)10-3-2-4-12(15)13(10)16/h2-7H,1H3. The molecule has 0 fully saturated rings. The summed E-state index contributed by atoms with van der Waals surface area (Å²) < 4.78 is 39.6. The molecule has 0 saturated carbocycles. The molecule has 2 aromatic carbocycles. The van der Waals surface area contributed by atoms with Gasteiger partial charge in [0, 0.05) is 5.56 Å². The summed E-state index contributed by atoms with van der Waals surface area (Å²) >= 11 is 0. The number of halogens is 3. The SMILES string of the molecule is Cc1ccc(F)cc1-c1cccc(F)c1F. The predicted molar refractivity (Wildman–Crippen MR) is 56.5 cm³/mol. The second-order valence-corrected chi connectivity index (χ2v) is 3.56. The molecule has 0 amide bonds. The third-order valence-corrected chi connectivity index (χ3v) is 2.44. The number of benzene rings is 2. The fraction of sp³-hybridized carbons (Fsp3) is 0.0769. The van der Waals surface area contributed by atoms with Crippen molar-refractivity contribution in [2.75, 3.05) is 0 Å². The van der Waals surface area contributed by atoms with Crippen LogP contribution < -0.4 is 0 Å². The van der Waals surface area contributed by atoms with Crippen molar-refractivity contribution in [3.05, 3.63) is 59.4 Å². The lowest BCUT2D eigenvalue weighted by Crippen LogP contribution is -1.92. The summed E-state index contributed by atoms with van der Waals surface area (Å²) in [4.78, 5) is 0. The van der Waals surface area contributed by atoms with E-state index in [0.29, 0.717) is 11.1 Å². The molecule has 0 saturated heterocycles. The highest BCUT2D eigenvalue weighted by atomic mass is 19.2. The van der Waals surface area contributed by atoms with E-state index in [1.165, 1.54) is 30.3 Å². The van der Waals surface area contributed by atoms with E-state index in [0.717, 1.165) is 6.07 Å². The number of aryl methyl sites for hydroxylation is 1. The summed E-state index contributed by atoms with van der Waals surface area (Å²) in [7, 11) is 0. The van der Waals surface area contributed by atoms with E-state index in [9.17, 15) is 13.2 Å². The van der Waals surface area contributed by atoms with Crippen molar-refractivity contribution < 1.29 is 13.2 Å². The molecule has 82 valence electrons. The van der Waals surface area contributed by atoms with E-state index in [4.69, 9.17) is 0 Å². The Hall–Kier alpha value is -1.77. The summed E-state index contributed by atoms with van der Waals surface area (Å²) in [5, 5.41) is 0. The Balaban J connectivity index is 2.67. The predicted octanol–water partition coefficient (Wildman–Crippen LogP) is 4.08. The lowest BCUT2D eigenvalue weighted by molar-refractivity contribution is 0.511.